The van der Waals surface area contributed by atoms with E-state index >= 15 is 0 Å². The van der Waals surface area contributed by atoms with Gasteiger partial charge in [-0.3, -0.25) is 0 Å². The molecule has 0 spiro atoms. The summed E-state index contributed by atoms with van der Waals surface area (Å²) in [6.07, 6.45) is 8.03. The Bertz CT molecular complexity index is 851. The number of alkyl carbamates (subject to hydrolysis) is 1. The Hall–Kier alpha value is -2.03. The van der Waals surface area contributed by atoms with Crippen molar-refractivity contribution in [3.63, 3.8) is 0 Å². The van der Waals surface area contributed by atoms with E-state index in [1.54, 1.807) is 0 Å². The molecule has 3 amide bonds. The zero-order chi connectivity index (χ0) is 26.6. The van der Waals surface area contributed by atoms with Gasteiger partial charge in [0.15, 0.2) is 0 Å². The third kappa shape index (κ3) is 9.34. The minimum atomic E-state index is -0.545. The molecule has 9 heteroatoms. The van der Waals surface area contributed by atoms with Crippen LogP contribution in [0.1, 0.15) is 76.4 Å². The maximum absolute atomic E-state index is 13.4. The van der Waals surface area contributed by atoms with Crippen LogP contribution in [0.25, 0.3) is 0 Å². The van der Waals surface area contributed by atoms with E-state index in [0.717, 1.165) is 24.8 Å². The fourth-order valence-corrected chi connectivity index (χ4v) is 5.87. The fraction of sp³-hybridized carbons (Fsp3) is 0.714. The van der Waals surface area contributed by atoms with Crippen LogP contribution in [0.5, 0.6) is 0 Å². The second-order valence-electron chi connectivity index (χ2n) is 10.4. The molecule has 1 aliphatic heterocycles. The van der Waals surface area contributed by atoms with E-state index in [0.29, 0.717) is 43.6 Å². The molecule has 0 unspecified atom stereocenters. The van der Waals surface area contributed by atoms with E-state index < -0.39 is 12.2 Å². The number of methoxy groups -OCH3 is 1. The highest BCUT2D eigenvalue weighted by molar-refractivity contribution is 6.30. The summed E-state index contributed by atoms with van der Waals surface area (Å²) in [4.78, 5) is 26.6. The number of amides is 3. The summed E-state index contributed by atoms with van der Waals surface area (Å²) in [5, 5.41) is 17.1. The van der Waals surface area contributed by atoms with Crippen molar-refractivity contribution in [3.05, 3.63) is 34.9 Å². The number of aliphatic hydroxyl groups is 1. The summed E-state index contributed by atoms with van der Waals surface area (Å²) < 4.78 is 10.9. The maximum Gasteiger partial charge on any atom is 0.406 e. The fourth-order valence-electron chi connectivity index (χ4n) is 5.67. The van der Waals surface area contributed by atoms with Gasteiger partial charge in [-0.05, 0) is 49.3 Å². The molecule has 0 bridgehead atoms. The van der Waals surface area contributed by atoms with Crippen molar-refractivity contribution < 1.29 is 24.2 Å². The highest BCUT2D eigenvalue weighted by Crippen LogP contribution is 2.34. The Morgan fingerprint density at radius 1 is 1.19 bits per heavy atom. The minimum absolute atomic E-state index is 0.0731. The molecule has 3 N–H and O–H groups in total. The van der Waals surface area contributed by atoms with Gasteiger partial charge in [0.2, 0.25) is 0 Å². The van der Waals surface area contributed by atoms with Crippen LogP contribution >= 0.6 is 11.6 Å². The number of rotatable bonds is 11. The van der Waals surface area contributed by atoms with Gasteiger partial charge >= 0.3 is 12.1 Å². The van der Waals surface area contributed by atoms with Crippen LogP contribution in [0.3, 0.4) is 0 Å². The normalized spacial score (nSPS) is 21.1. The number of carbonyl (C=O) groups is 2. The van der Waals surface area contributed by atoms with E-state index in [4.69, 9.17) is 16.3 Å². The number of halogens is 1. The molecule has 3 rings (SSSR count). The molecule has 1 aliphatic carbocycles. The quantitative estimate of drug-likeness (QED) is 0.333. The first-order chi connectivity index (χ1) is 17.9. The molecule has 1 saturated carbocycles. The molecular weight excluding hydrogens is 494 g/mol. The summed E-state index contributed by atoms with van der Waals surface area (Å²) >= 11 is 6.28. The molecule has 2 fully saturated rings. The topological polar surface area (TPSA) is 100 Å². The zero-order valence-corrected chi connectivity index (χ0v) is 23.0. The number of hydrogen-bond acceptors (Lipinski definition) is 5. The number of piperidine rings is 1. The predicted molar refractivity (Wildman–Crippen MR) is 145 cm³/mol. The Morgan fingerprint density at radius 3 is 2.68 bits per heavy atom. The Morgan fingerprint density at radius 2 is 1.97 bits per heavy atom. The van der Waals surface area contributed by atoms with E-state index in [1.165, 1.54) is 39.2 Å². The Labute approximate surface area is 226 Å². The van der Waals surface area contributed by atoms with E-state index in [2.05, 4.69) is 15.4 Å². The Balaban J connectivity index is 1.65. The van der Waals surface area contributed by atoms with Gasteiger partial charge in [-0.1, -0.05) is 62.8 Å². The number of benzene rings is 1. The third-order valence-electron chi connectivity index (χ3n) is 7.71. The summed E-state index contributed by atoms with van der Waals surface area (Å²) in [5.41, 5.74) is 0.953. The average molecular weight is 538 g/mol. The number of hydrogen-bond donors (Lipinski definition) is 3. The monoisotopic (exact) mass is 537 g/mol. The standard InChI is InChI=1S/C28H44ClN3O5/c1-3-25(33)24(17-20-9-5-4-6-10-20)31-27(34)32-15-8-12-22(19-32)26(21-11-7-13-23(29)18-21)37-16-14-30-28(35)36-2/h7,11,13,18,20,22,24-26,33H,3-6,8-10,12,14-17,19H2,1-2H3,(H,30,35)(H,31,34)/t22-,24+,25-,26+/m1/s1. The number of aliphatic hydroxyl groups excluding tert-OH is 1. The van der Waals surface area contributed by atoms with Crippen LogP contribution in [-0.4, -0.2) is 67.6 Å². The van der Waals surface area contributed by atoms with E-state index in [9.17, 15) is 14.7 Å². The molecule has 0 aromatic heterocycles. The molecule has 1 aromatic carbocycles. The number of nitrogens with zero attached hydrogens (tertiary/aromatic N) is 1. The van der Waals surface area contributed by atoms with Crippen molar-refractivity contribution in [2.45, 2.75) is 83.0 Å². The number of urea groups is 1. The second kappa shape index (κ2) is 15.4. The van der Waals surface area contributed by atoms with Gasteiger partial charge in [0, 0.05) is 30.6 Å². The summed E-state index contributed by atoms with van der Waals surface area (Å²) in [5.74, 6) is 0.637. The van der Waals surface area contributed by atoms with Gasteiger partial charge in [-0.15, -0.1) is 0 Å². The molecule has 0 radical (unpaired) electrons. The van der Waals surface area contributed by atoms with E-state index in [-0.39, 0.29) is 24.1 Å². The van der Waals surface area contributed by atoms with Crippen molar-refractivity contribution in [1.82, 2.24) is 15.5 Å². The van der Waals surface area contributed by atoms with Crippen LogP contribution in [0, 0.1) is 11.8 Å². The first-order valence-electron chi connectivity index (χ1n) is 13.8. The lowest BCUT2D eigenvalue weighted by molar-refractivity contribution is -0.00907. The SMILES string of the molecule is CC[C@@H](O)[C@H](CC1CCCCC1)NC(=O)N1CCC[C@@H]([C@@H](OCCNC(=O)OC)c2cccc(Cl)c2)C1. The molecule has 1 saturated heterocycles. The molecule has 37 heavy (non-hydrogen) atoms. The highest BCUT2D eigenvalue weighted by atomic mass is 35.5. The Kier molecular flexibility index (Phi) is 12.3. The first-order valence-corrected chi connectivity index (χ1v) is 14.2. The molecule has 2 aliphatic rings. The highest BCUT2D eigenvalue weighted by Gasteiger charge is 2.33. The smallest absolute Gasteiger partial charge is 0.406 e. The number of likely N-dealkylation sites (tertiary alicyclic amines) is 1. The van der Waals surface area contributed by atoms with Crippen molar-refractivity contribution in [1.29, 1.82) is 0 Å². The maximum atomic E-state index is 13.4. The lowest BCUT2D eigenvalue weighted by atomic mass is 9.83. The zero-order valence-electron chi connectivity index (χ0n) is 22.3. The van der Waals surface area contributed by atoms with Gasteiger partial charge in [0.05, 0.1) is 32.0 Å². The van der Waals surface area contributed by atoms with Gasteiger partial charge in [0.25, 0.3) is 0 Å². The largest absolute Gasteiger partial charge is 0.453 e. The lowest BCUT2D eigenvalue weighted by Crippen LogP contribution is -2.52. The first kappa shape index (κ1) is 29.5. The van der Waals surface area contributed by atoms with Crippen LogP contribution in [0.4, 0.5) is 9.59 Å². The lowest BCUT2D eigenvalue weighted by Gasteiger charge is -2.38. The van der Waals surface area contributed by atoms with E-state index in [1.807, 2.05) is 36.1 Å². The summed E-state index contributed by atoms with van der Waals surface area (Å²) in [7, 11) is 1.33. The number of carbonyl (C=O) groups excluding carboxylic acids is 2. The molecular formula is C28H44ClN3O5. The number of ether oxygens (including phenoxy) is 2. The molecule has 8 nitrogen and oxygen atoms in total. The van der Waals surface area contributed by atoms with Crippen molar-refractivity contribution in [2.75, 3.05) is 33.4 Å². The summed E-state index contributed by atoms with van der Waals surface area (Å²) in [6.45, 7) is 3.81. The van der Waals surface area contributed by atoms with Crippen molar-refractivity contribution >= 4 is 23.7 Å². The molecule has 208 valence electrons. The molecule has 4 atom stereocenters. The average Bonchev–Trinajstić information content (AvgIpc) is 2.92. The predicted octanol–water partition coefficient (Wildman–Crippen LogP) is 5.29. The van der Waals surface area contributed by atoms with Crippen molar-refractivity contribution in [3.8, 4) is 0 Å². The molecule has 1 aromatic rings. The second-order valence-corrected chi connectivity index (χ2v) is 10.8. The minimum Gasteiger partial charge on any atom is -0.453 e. The van der Waals surface area contributed by atoms with Gasteiger partial charge in [-0.25, -0.2) is 9.59 Å². The van der Waals surface area contributed by atoms with Gasteiger partial charge < -0.3 is 30.1 Å². The van der Waals surface area contributed by atoms with Gasteiger partial charge in [-0.2, -0.15) is 0 Å². The third-order valence-corrected chi connectivity index (χ3v) is 7.94. The van der Waals surface area contributed by atoms with Crippen LogP contribution in [-0.2, 0) is 9.47 Å². The van der Waals surface area contributed by atoms with Gasteiger partial charge in [0.1, 0.15) is 0 Å². The number of nitrogens with one attached hydrogen (secondary N) is 2. The molecule has 1 heterocycles. The van der Waals surface area contributed by atoms with Crippen LogP contribution in [0.15, 0.2) is 24.3 Å². The van der Waals surface area contributed by atoms with Crippen LogP contribution in [0.2, 0.25) is 5.02 Å². The van der Waals surface area contributed by atoms with Crippen molar-refractivity contribution in [2.24, 2.45) is 11.8 Å². The van der Waals surface area contributed by atoms with Crippen LogP contribution < -0.4 is 10.6 Å². The summed E-state index contributed by atoms with van der Waals surface area (Å²) in [6, 6.07) is 7.27.